The first-order chi connectivity index (χ1) is 10.0. The maximum Gasteiger partial charge on any atom is 0.257 e. The second-order valence-electron chi connectivity index (χ2n) is 5.19. The zero-order valence-corrected chi connectivity index (χ0v) is 12.3. The van der Waals surface area contributed by atoms with Crippen LogP contribution in [0.3, 0.4) is 0 Å². The van der Waals surface area contributed by atoms with Gasteiger partial charge in [0.15, 0.2) is 0 Å². The molecule has 0 aliphatic carbocycles. The van der Waals surface area contributed by atoms with Crippen LogP contribution >= 0.6 is 0 Å². The van der Waals surface area contributed by atoms with E-state index in [-0.39, 0.29) is 5.91 Å². The maximum absolute atomic E-state index is 12.3. The minimum Gasteiger partial charge on any atom is -0.321 e. The topological polar surface area (TPSA) is 65.8 Å². The van der Waals surface area contributed by atoms with Crippen LogP contribution in [-0.2, 0) is 0 Å². The lowest BCUT2D eigenvalue weighted by atomic mass is 9.98. The third-order valence-electron chi connectivity index (χ3n) is 3.31. The van der Waals surface area contributed by atoms with Crippen molar-refractivity contribution in [2.45, 2.75) is 26.7 Å². The molecule has 1 heterocycles. The summed E-state index contributed by atoms with van der Waals surface area (Å²) in [5, 5.41) is 11.7. The van der Waals surface area contributed by atoms with Gasteiger partial charge >= 0.3 is 0 Å². The van der Waals surface area contributed by atoms with E-state index in [1.165, 1.54) is 12.3 Å². The van der Waals surface area contributed by atoms with Gasteiger partial charge in [0.1, 0.15) is 11.8 Å². The summed E-state index contributed by atoms with van der Waals surface area (Å²) in [7, 11) is 0. The predicted molar refractivity (Wildman–Crippen MR) is 82.2 cm³/mol. The molecule has 0 bridgehead atoms. The first-order valence-corrected chi connectivity index (χ1v) is 6.80. The van der Waals surface area contributed by atoms with Gasteiger partial charge < -0.3 is 5.32 Å². The normalized spacial score (nSPS) is 10.2. The number of anilines is 1. The number of para-hydroxylation sites is 1. The summed E-state index contributed by atoms with van der Waals surface area (Å²) >= 11 is 0. The molecule has 0 spiro atoms. The number of aromatic nitrogens is 1. The van der Waals surface area contributed by atoms with Gasteiger partial charge in [0, 0.05) is 11.9 Å². The molecule has 0 aliphatic heterocycles. The molecule has 0 unspecified atom stereocenters. The third kappa shape index (κ3) is 3.26. The fourth-order valence-electron chi connectivity index (χ4n) is 2.12. The van der Waals surface area contributed by atoms with Gasteiger partial charge in [-0.15, -0.1) is 0 Å². The van der Waals surface area contributed by atoms with Crippen molar-refractivity contribution in [1.82, 2.24) is 4.98 Å². The van der Waals surface area contributed by atoms with Crippen molar-refractivity contribution >= 4 is 11.6 Å². The summed E-state index contributed by atoms with van der Waals surface area (Å²) in [6, 6.07) is 11.1. The van der Waals surface area contributed by atoms with Crippen LogP contribution in [-0.4, -0.2) is 10.9 Å². The van der Waals surface area contributed by atoms with Crippen LogP contribution in [0.15, 0.2) is 36.5 Å². The molecule has 0 saturated heterocycles. The number of rotatable bonds is 3. The number of carbonyl (C=O) groups excluding carboxylic acids is 1. The van der Waals surface area contributed by atoms with E-state index in [0.29, 0.717) is 17.2 Å². The van der Waals surface area contributed by atoms with E-state index in [2.05, 4.69) is 24.1 Å². The van der Waals surface area contributed by atoms with E-state index < -0.39 is 0 Å². The summed E-state index contributed by atoms with van der Waals surface area (Å²) in [6.07, 6.45) is 1.42. The van der Waals surface area contributed by atoms with Crippen LogP contribution in [0.2, 0.25) is 0 Å². The van der Waals surface area contributed by atoms with Gasteiger partial charge in [-0.1, -0.05) is 32.0 Å². The Morgan fingerprint density at radius 1 is 1.29 bits per heavy atom. The number of nitrogens with one attached hydrogen (secondary N) is 1. The summed E-state index contributed by atoms with van der Waals surface area (Å²) in [4.78, 5) is 16.2. The lowest BCUT2D eigenvalue weighted by Gasteiger charge is -2.16. The molecule has 2 aromatic rings. The number of benzene rings is 1. The zero-order valence-electron chi connectivity index (χ0n) is 12.3. The number of carbonyl (C=O) groups is 1. The minimum atomic E-state index is -0.219. The van der Waals surface area contributed by atoms with Gasteiger partial charge in [0.2, 0.25) is 0 Å². The number of hydrogen-bond donors (Lipinski definition) is 1. The lowest BCUT2D eigenvalue weighted by Crippen LogP contribution is -2.15. The highest BCUT2D eigenvalue weighted by Crippen LogP contribution is 2.27. The smallest absolute Gasteiger partial charge is 0.257 e. The monoisotopic (exact) mass is 279 g/mol. The molecule has 1 aromatic heterocycles. The lowest BCUT2D eigenvalue weighted by molar-refractivity contribution is 0.102. The molecule has 1 N–H and O–H groups in total. The Balaban J connectivity index is 2.29. The highest BCUT2D eigenvalue weighted by Gasteiger charge is 2.13. The summed E-state index contributed by atoms with van der Waals surface area (Å²) in [5.41, 5.74) is 3.71. The Morgan fingerprint density at radius 3 is 2.62 bits per heavy atom. The molecule has 106 valence electrons. The average Bonchev–Trinajstić information content (AvgIpc) is 2.49. The minimum absolute atomic E-state index is 0.219. The molecule has 2 rings (SSSR count). The van der Waals surface area contributed by atoms with E-state index in [1.807, 2.05) is 31.2 Å². The first kappa shape index (κ1) is 14.7. The van der Waals surface area contributed by atoms with Crippen LogP contribution in [0.5, 0.6) is 0 Å². The molecule has 4 nitrogen and oxygen atoms in total. The number of nitrogens with zero attached hydrogens (tertiary/aromatic N) is 2. The van der Waals surface area contributed by atoms with Gasteiger partial charge in [-0.25, -0.2) is 4.98 Å². The quantitative estimate of drug-likeness (QED) is 0.932. The van der Waals surface area contributed by atoms with Gasteiger partial charge in [-0.3, -0.25) is 4.79 Å². The Labute approximate surface area is 124 Å². The van der Waals surface area contributed by atoms with Crippen molar-refractivity contribution in [3.8, 4) is 6.07 Å². The van der Waals surface area contributed by atoms with Crippen LogP contribution in [0, 0.1) is 18.3 Å². The molecular formula is C17H17N3O. The van der Waals surface area contributed by atoms with E-state index in [4.69, 9.17) is 5.26 Å². The van der Waals surface area contributed by atoms with Crippen LogP contribution in [0.1, 0.15) is 46.9 Å². The average molecular weight is 279 g/mol. The first-order valence-electron chi connectivity index (χ1n) is 6.80. The number of aryl methyl sites for hydroxylation is 1. The molecule has 4 heteroatoms. The highest BCUT2D eigenvalue weighted by atomic mass is 16.1. The fourth-order valence-corrected chi connectivity index (χ4v) is 2.12. The number of pyridine rings is 1. The van der Waals surface area contributed by atoms with Crippen molar-refractivity contribution in [3.05, 3.63) is 58.9 Å². The van der Waals surface area contributed by atoms with E-state index in [1.54, 1.807) is 6.07 Å². The molecule has 1 aromatic carbocycles. The highest BCUT2D eigenvalue weighted by molar-refractivity contribution is 6.04. The van der Waals surface area contributed by atoms with Crippen molar-refractivity contribution in [1.29, 1.82) is 5.26 Å². The molecule has 0 atom stereocenters. The molecule has 21 heavy (non-hydrogen) atoms. The SMILES string of the molecule is Cc1cccc(C(C)C)c1NC(=O)c1ccc(C#N)nc1. The Morgan fingerprint density at radius 2 is 2.05 bits per heavy atom. The summed E-state index contributed by atoms with van der Waals surface area (Å²) in [6.45, 7) is 6.15. The van der Waals surface area contributed by atoms with Crippen LogP contribution in [0.4, 0.5) is 5.69 Å². The largest absolute Gasteiger partial charge is 0.321 e. The van der Waals surface area contributed by atoms with Gasteiger partial charge in [-0.05, 0) is 36.1 Å². The fraction of sp³-hybridized carbons (Fsp3) is 0.235. The van der Waals surface area contributed by atoms with E-state index >= 15 is 0 Å². The summed E-state index contributed by atoms with van der Waals surface area (Å²) < 4.78 is 0. The predicted octanol–water partition coefficient (Wildman–Crippen LogP) is 3.64. The van der Waals surface area contributed by atoms with Crippen LogP contribution < -0.4 is 5.32 Å². The van der Waals surface area contributed by atoms with E-state index in [0.717, 1.165) is 16.8 Å². The van der Waals surface area contributed by atoms with Crippen molar-refractivity contribution in [2.24, 2.45) is 0 Å². The van der Waals surface area contributed by atoms with E-state index in [9.17, 15) is 4.79 Å². The van der Waals surface area contributed by atoms with Gasteiger partial charge in [0.05, 0.1) is 5.56 Å². The number of amides is 1. The van der Waals surface area contributed by atoms with Gasteiger partial charge in [0.25, 0.3) is 5.91 Å². The van der Waals surface area contributed by atoms with Gasteiger partial charge in [-0.2, -0.15) is 5.26 Å². The second kappa shape index (κ2) is 6.19. The molecule has 1 amide bonds. The number of nitriles is 1. The molecule has 0 radical (unpaired) electrons. The third-order valence-corrected chi connectivity index (χ3v) is 3.31. The molecule has 0 aliphatic rings. The number of hydrogen-bond acceptors (Lipinski definition) is 3. The zero-order chi connectivity index (χ0) is 15.4. The standard InChI is InChI=1S/C17H17N3O/c1-11(2)15-6-4-5-12(3)16(15)20-17(21)13-7-8-14(9-18)19-10-13/h4-8,10-11H,1-3H3,(H,20,21). The van der Waals surface area contributed by atoms with Crippen molar-refractivity contribution < 1.29 is 4.79 Å². The Bertz CT molecular complexity index is 697. The Hall–Kier alpha value is -2.67. The molecular weight excluding hydrogens is 262 g/mol. The Kier molecular flexibility index (Phi) is 4.34. The van der Waals surface area contributed by atoms with Crippen molar-refractivity contribution in [2.75, 3.05) is 5.32 Å². The second-order valence-corrected chi connectivity index (χ2v) is 5.19. The van der Waals surface area contributed by atoms with Crippen molar-refractivity contribution in [3.63, 3.8) is 0 Å². The molecule has 0 saturated carbocycles. The molecule has 0 fully saturated rings. The summed E-state index contributed by atoms with van der Waals surface area (Å²) in [5.74, 6) is 0.0995. The van der Waals surface area contributed by atoms with Crippen LogP contribution in [0.25, 0.3) is 0 Å². The maximum atomic E-state index is 12.3.